The summed E-state index contributed by atoms with van der Waals surface area (Å²) in [5.74, 6) is 1.72. The summed E-state index contributed by atoms with van der Waals surface area (Å²) in [6.45, 7) is 0. The Hall–Kier alpha value is -1.37. The van der Waals surface area contributed by atoms with E-state index < -0.39 is 0 Å². The number of halogens is 1. The average molecular weight is 295 g/mol. The standard InChI is InChI=1S/C12H11ClN4OS/c13-10-11(17-12(18)9-5-19-6-14-9)16-8-4-2-1-3-7(8)15-10/h1-4,9,14H,5-6H2,(H,16,17,18). The number of amides is 1. The molecule has 5 nitrogen and oxygen atoms in total. The highest BCUT2D eigenvalue weighted by Gasteiger charge is 2.23. The number of para-hydroxylation sites is 2. The molecule has 1 aliphatic heterocycles. The number of aromatic nitrogens is 2. The Labute approximate surface area is 119 Å². The van der Waals surface area contributed by atoms with Gasteiger partial charge < -0.3 is 5.32 Å². The molecule has 19 heavy (non-hydrogen) atoms. The zero-order chi connectivity index (χ0) is 13.2. The first kappa shape index (κ1) is 12.7. The summed E-state index contributed by atoms with van der Waals surface area (Å²) in [4.78, 5) is 20.5. The van der Waals surface area contributed by atoms with Crippen LogP contribution in [0.15, 0.2) is 24.3 Å². The van der Waals surface area contributed by atoms with E-state index in [1.165, 1.54) is 0 Å². The lowest BCUT2D eigenvalue weighted by Crippen LogP contribution is -2.37. The Bertz CT molecular complexity index is 630. The number of anilines is 1. The van der Waals surface area contributed by atoms with Crippen LogP contribution in [-0.4, -0.2) is 33.5 Å². The minimum atomic E-state index is -0.200. The van der Waals surface area contributed by atoms with E-state index >= 15 is 0 Å². The van der Waals surface area contributed by atoms with Crippen LogP contribution in [0.25, 0.3) is 11.0 Å². The number of thioether (sulfide) groups is 1. The molecule has 1 fully saturated rings. The Morgan fingerprint density at radius 3 is 2.79 bits per heavy atom. The van der Waals surface area contributed by atoms with Gasteiger partial charge in [-0.1, -0.05) is 23.7 Å². The lowest BCUT2D eigenvalue weighted by Gasteiger charge is -2.11. The molecule has 1 unspecified atom stereocenters. The van der Waals surface area contributed by atoms with Gasteiger partial charge in [0.05, 0.1) is 17.1 Å². The number of nitrogens with zero attached hydrogens (tertiary/aromatic N) is 2. The van der Waals surface area contributed by atoms with Crippen molar-refractivity contribution in [2.24, 2.45) is 0 Å². The van der Waals surface area contributed by atoms with Gasteiger partial charge in [-0.15, -0.1) is 11.8 Å². The van der Waals surface area contributed by atoms with Crippen molar-refractivity contribution >= 4 is 46.1 Å². The Balaban J connectivity index is 1.87. The second kappa shape index (κ2) is 5.32. The van der Waals surface area contributed by atoms with Crippen molar-refractivity contribution in [3.63, 3.8) is 0 Å². The van der Waals surface area contributed by atoms with Crippen molar-refractivity contribution in [2.75, 3.05) is 16.9 Å². The van der Waals surface area contributed by atoms with E-state index in [0.717, 1.165) is 11.6 Å². The maximum Gasteiger partial charge on any atom is 0.243 e. The number of benzene rings is 1. The van der Waals surface area contributed by atoms with Crippen LogP contribution in [0.1, 0.15) is 0 Å². The minimum absolute atomic E-state index is 0.128. The normalized spacial score (nSPS) is 18.7. The van der Waals surface area contributed by atoms with Gasteiger partial charge in [-0.3, -0.25) is 10.1 Å². The van der Waals surface area contributed by atoms with Gasteiger partial charge in [0.2, 0.25) is 5.91 Å². The van der Waals surface area contributed by atoms with Crippen molar-refractivity contribution in [1.82, 2.24) is 15.3 Å². The molecule has 0 saturated carbocycles. The minimum Gasteiger partial charge on any atom is -0.307 e. The molecule has 2 heterocycles. The molecule has 2 N–H and O–H groups in total. The third-order valence-electron chi connectivity index (χ3n) is 2.80. The molecule has 1 atom stereocenters. The van der Waals surface area contributed by atoms with Gasteiger partial charge >= 0.3 is 0 Å². The molecule has 1 saturated heterocycles. The molecule has 1 aliphatic rings. The summed E-state index contributed by atoms with van der Waals surface area (Å²) >= 11 is 7.73. The van der Waals surface area contributed by atoms with Crippen molar-refractivity contribution in [2.45, 2.75) is 6.04 Å². The van der Waals surface area contributed by atoms with Crippen molar-refractivity contribution in [3.05, 3.63) is 29.4 Å². The van der Waals surface area contributed by atoms with E-state index in [1.807, 2.05) is 24.3 Å². The Morgan fingerprint density at radius 1 is 1.37 bits per heavy atom. The molecule has 0 spiro atoms. The number of carbonyl (C=O) groups excluding carboxylic acids is 1. The van der Waals surface area contributed by atoms with Crippen molar-refractivity contribution in [3.8, 4) is 0 Å². The van der Waals surface area contributed by atoms with Crippen LogP contribution in [0.4, 0.5) is 5.82 Å². The predicted molar refractivity (Wildman–Crippen MR) is 77.4 cm³/mol. The maximum absolute atomic E-state index is 12.0. The quantitative estimate of drug-likeness (QED) is 0.885. The molecule has 0 bridgehead atoms. The van der Waals surface area contributed by atoms with Gasteiger partial charge in [-0.2, -0.15) is 0 Å². The Kier molecular flexibility index (Phi) is 3.54. The van der Waals surface area contributed by atoms with E-state index in [0.29, 0.717) is 16.9 Å². The Morgan fingerprint density at radius 2 is 2.11 bits per heavy atom. The second-order valence-electron chi connectivity index (χ2n) is 4.11. The number of rotatable bonds is 2. The second-order valence-corrected chi connectivity index (χ2v) is 5.50. The zero-order valence-corrected chi connectivity index (χ0v) is 11.5. The lowest BCUT2D eigenvalue weighted by molar-refractivity contribution is -0.117. The van der Waals surface area contributed by atoms with Crippen LogP contribution < -0.4 is 10.6 Å². The molecule has 7 heteroatoms. The molecule has 1 aromatic heterocycles. The van der Waals surface area contributed by atoms with Crippen LogP contribution in [0, 0.1) is 0 Å². The number of hydrogen-bond acceptors (Lipinski definition) is 5. The van der Waals surface area contributed by atoms with Crippen LogP contribution >= 0.6 is 23.4 Å². The summed E-state index contributed by atoms with van der Waals surface area (Å²) in [7, 11) is 0. The first-order valence-electron chi connectivity index (χ1n) is 5.78. The lowest BCUT2D eigenvalue weighted by atomic mass is 10.3. The van der Waals surface area contributed by atoms with E-state index in [1.54, 1.807) is 11.8 Å². The van der Waals surface area contributed by atoms with E-state index in [9.17, 15) is 4.79 Å². The van der Waals surface area contributed by atoms with E-state index in [2.05, 4.69) is 20.6 Å². The highest BCUT2D eigenvalue weighted by atomic mass is 35.5. The average Bonchev–Trinajstić information content (AvgIpc) is 2.93. The van der Waals surface area contributed by atoms with Crippen molar-refractivity contribution < 1.29 is 4.79 Å². The number of nitrogens with one attached hydrogen (secondary N) is 2. The fourth-order valence-corrected chi connectivity index (χ4v) is 2.95. The molecule has 2 aromatic rings. The van der Waals surface area contributed by atoms with Crippen LogP contribution in [0.2, 0.25) is 5.15 Å². The summed E-state index contributed by atoms with van der Waals surface area (Å²) in [5, 5.41) is 6.02. The van der Waals surface area contributed by atoms with Crippen LogP contribution in [0.5, 0.6) is 0 Å². The molecule has 0 radical (unpaired) electrons. The SMILES string of the molecule is O=C(Nc1nc2ccccc2nc1Cl)C1CSCN1. The van der Waals surface area contributed by atoms with Gasteiger partial charge in [0.1, 0.15) is 0 Å². The van der Waals surface area contributed by atoms with Gasteiger partial charge in [0.25, 0.3) is 0 Å². The molecular weight excluding hydrogens is 284 g/mol. The number of fused-ring (bicyclic) bond motifs is 1. The highest BCUT2D eigenvalue weighted by molar-refractivity contribution is 7.99. The fourth-order valence-electron chi connectivity index (χ4n) is 1.83. The molecule has 3 rings (SSSR count). The van der Waals surface area contributed by atoms with Gasteiger partial charge in [-0.05, 0) is 12.1 Å². The summed E-state index contributed by atoms with van der Waals surface area (Å²) in [6.07, 6.45) is 0. The number of carbonyl (C=O) groups is 1. The molecule has 98 valence electrons. The first-order chi connectivity index (χ1) is 9.24. The maximum atomic E-state index is 12.0. The third kappa shape index (κ3) is 2.65. The summed E-state index contributed by atoms with van der Waals surface area (Å²) < 4.78 is 0. The van der Waals surface area contributed by atoms with E-state index in [4.69, 9.17) is 11.6 Å². The monoisotopic (exact) mass is 294 g/mol. The fraction of sp³-hybridized carbons (Fsp3) is 0.250. The third-order valence-corrected chi connectivity index (χ3v) is 4.01. The van der Waals surface area contributed by atoms with Gasteiger partial charge in [0.15, 0.2) is 11.0 Å². The molecule has 0 aliphatic carbocycles. The van der Waals surface area contributed by atoms with Gasteiger partial charge in [-0.25, -0.2) is 9.97 Å². The van der Waals surface area contributed by atoms with Crippen LogP contribution in [-0.2, 0) is 4.79 Å². The summed E-state index contributed by atoms with van der Waals surface area (Å²) in [5.41, 5.74) is 1.41. The van der Waals surface area contributed by atoms with Crippen LogP contribution in [0.3, 0.4) is 0 Å². The first-order valence-corrected chi connectivity index (χ1v) is 7.31. The smallest absolute Gasteiger partial charge is 0.243 e. The molecule has 1 amide bonds. The molecule has 1 aromatic carbocycles. The largest absolute Gasteiger partial charge is 0.307 e. The van der Waals surface area contributed by atoms with E-state index in [-0.39, 0.29) is 17.1 Å². The number of hydrogen-bond donors (Lipinski definition) is 2. The highest BCUT2D eigenvalue weighted by Crippen LogP contribution is 2.21. The predicted octanol–water partition coefficient (Wildman–Crippen LogP) is 1.88. The molecular formula is C12H11ClN4OS. The van der Waals surface area contributed by atoms with Gasteiger partial charge in [0, 0.05) is 11.6 Å². The summed E-state index contributed by atoms with van der Waals surface area (Å²) in [6, 6.07) is 7.19. The topological polar surface area (TPSA) is 66.9 Å². The van der Waals surface area contributed by atoms with Crippen molar-refractivity contribution in [1.29, 1.82) is 0 Å². The zero-order valence-electron chi connectivity index (χ0n) is 9.89.